The van der Waals surface area contributed by atoms with Crippen molar-refractivity contribution in [2.45, 2.75) is 0 Å². The van der Waals surface area contributed by atoms with Crippen molar-refractivity contribution in [3.05, 3.63) is 35.0 Å². The first-order valence-corrected chi connectivity index (χ1v) is 8.98. The van der Waals surface area contributed by atoms with Crippen molar-refractivity contribution in [1.29, 1.82) is 0 Å². The number of nitrogens with two attached hydrogens (primary N) is 2. The number of carbonyl (C=O) groups is 2. The highest BCUT2D eigenvalue weighted by Crippen LogP contribution is 2.36. The topological polar surface area (TPSA) is 184 Å². The monoisotopic (exact) mass is 434 g/mol. The zero-order valence-corrected chi connectivity index (χ0v) is 15.3. The molecule has 2 aromatic rings. The Morgan fingerprint density at radius 3 is 2.57 bits per heavy atom. The van der Waals surface area contributed by atoms with Crippen LogP contribution in [0.15, 0.2) is 22.6 Å². The van der Waals surface area contributed by atoms with Gasteiger partial charge in [0, 0.05) is 12.1 Å². The largest absolute Gasteiger partial charge is 0.476 e. The van der Waals surface area contributed by atoms with Crippen molar-refractivity contribution in [2.24, 2.45) is 16.5 Å². The van der Waals surface area contributed by atoms with Gasteiger partial charge < -0.3 is 21.9 Å². The number of benzene rings is 1. The highest BCUT2D eigenvalue weighted by molar-refractivity contribution is 7.81. The van der Waals surface area contributed by atoms with Crippen molar-refractivity contribution in [3.63, 3.8) is 0 Å². The van der Waals surface area contributed by atoms with Gasteiger partial charge in [-0.25, -0.2) is 32.1 Å². The molecule has 0 bridgehead atoms. The SMILES string of the molecule is NC(N)=NCC(=O)Nc1cc(F)c(N(c2scnc2C(=O)O)S(=O)O)cc1F. The highest BCUT2D eigenvalue weighted by Gasteiger charge is 2.28. The van der Waals surface area contributed by atoms with Crippen LogP contribution in [0.1, 0.15) is 10.5 Å². The van der Waals surface area contributed by atoms with Crippen LogP contribution in [0.25, 0.3) is 0 Å². The minimum absolute atomic E-state index is 0.352. The molecule has 0 aliphatic heterocycles. The number of nitrogens with zero attached hydrogens (tertiary/aromatic N) is 3. The van der Waals surface area contributed by atoms with Gasteiger partial charge in [0.15, 0.2) is 11.7 Å². The van der Waals surface area contributed by atoms with E-state index in [9.17, 15) is 27.1 Å². The van der Waals surface area contributed by atoms with Gasteiger partial charge in [0.05, 0.1) is 16.9 Å². The van der Waals surface area contributed by atoms with E-state index in [1.807, 2.05) is 5.32 Å². The lowest BCUT2D eigenvalue weighted by Crippen LogP contribution is -2.26. The molecule has 1 aromatic carbocycles. The summed E-state index contributed by atoms with van der Waals surface area (Å²) in [6.07, 6.45) is 0. The van der Waals surface area contributed by atoms with E-state index in [1.54, 1.807) is 0 Å². The quantitative estimate of drug-likeness (QED) is 0.238. The number of carboxylic acid groups (broad SMARTS) is 1. The molecule has 7 N–H and O–H groups in total. The number of aliphatic imine (C=N–C) groups is 1. The first-order valence-electron chi connectivity index (χ1n) is 7.04. The van der Waals surface area contributed by atoms with Crippen molar-refractivity contribution in [3.8, 4) is 0 Å². The van der Waals surface area contributed by atoms with Gasteiger partial charge in [-0.1, -0.05) is 0 Å². The minimum atomic E-state index is -2.95. The van der Waals surface area contributed by atoms with E-state index in [0.29, 0.717) is 27.8 Å². The Hall–Kier alpha value is -3.17. The molecule has 0 saturated carbocycles. The molecule has 0 aliphatic rings. The first-order chi connectivity index (χ1) is 13.1. The van der Waals surface area contributed by atoms with E-state index >= 15 is 0 Å². The number of carbonyl (C=O) groups excluding carboxylic acids is 1. The number of thiazole rings is 1. The van der Waals surface area contributed by atoms with Crippen LogP contribution in [0.3, 0.4) is 0 Å². The molecule has 0 spiro atoms. The maximum atomic E-state index is 14.5. The zero-order chi connectivity index (χ0) is 21.0. The first kappa shape index (κ1) is 21.1. The maximum Gasteiger partial charge on any atom is 0.357 e. The predicted octanol–water partition coefficient (Wildman–Crippen LogP) is 0.606. The number of aromatic carboxylic acids is 1. The summed E-state index contributed by atoms with van der Waals surface area (Å²) in [5, 5.41) is 10.7. The molecule has 0 radical (unpaired) electrons. The number of hydrogen-bond acceptors (Lipinski definition) is 6. The highest BCUT2D eigenvalue weighted by atomic mass is 32.2. The van der Waals surface area contributed by atoms with E-state index in [2.05, 4.69) is 9.98 Å². The third-order valence-corrected chi connectivity index (χ3v) is 4.64. The predicted molar refractivity (Wildman–Crippen MR) is 97.6 cm³/mol. The van der Waals surface area contributed by atoms with Crippen molar-refractivity contribution in [1.82, 2.24) is 4.98 Å². The van der Waals surface area contributed by atoms with Crippen LogP contribution in [-0.2, 0) is 16.1 Å². The summed E-state index contributed by atoms with van der Waals surface area (Å²) < 4.78 is 50.3. The van der Waals surface area contributed by atoms with Gasteiger partial charge in [-0.2, -0.15) is 0 Å². The molecule has 0 aliphatic carbocycles. The third kappa shape index (κ3) is 4.76. The average Bonchev–Trinajstić information content (AvgIpc) is 3.06. The molecular weight excluding hydrogens is 422 g/mol. The van der Waals surface area contributed by atoms with Crippen LogP contribution in [0.5, 0.6) is 0 Å². The number of amides is 1. The summed E-state index contributed by atoms with van der Waals surface area (Å²) in [6.45, 7) is -0.541. The van der Waals surface area contributed by atoms with E-state index in [0.717, 1.165) is 5.51 Å². The molecule has 0 saturated heterocycles. The molecule has 15 heteroatoms. The van der Waals surface area contributed by atoms with Gasteiger partial charge >= 0.3 is 5.97 Å². The molecule has 28 heavy (non-hydrogen) atoms. The zero-order valence-electron chi connectivity index (χ0n) is 13.6. The number of aromatic nitrogens is 1. The molecule has 0 fully saturated rings. The van der Waals surface area contributed by atoms with Crippen LogP contribution in [0, 0.1) is 11.6 Å². The summed E-state index contributed by atoms with van der Waals surface area (Å²) in [4.78, 5) is 29.7. The van der Waals surface area contributed by atoms with Crippen molar-refractivity contribution < 1.29 is 32.2 Å². The average molecular weight is 434 g/mol. The molecule has 150 valence electrons. The van der Waals surface area contributed by atoms with Gasteiger partial charge in [0.1, 0.15) is 23.2 Å². The second kappa shape index (κ2) is 8.68. The van der Waals surface area contributed by atoms with Crippen molar-refractivity contribution in [2.75, 3.05) is 16.2 Å². The Balaban J connectivity index is 2.42. The molecule has 11 nitrogen and oxygen atoms in total. The second-order valence-corrected chi connectivity index (χ2v) is 6.57. The molecular formula is C13H12F2N6O5S2. The fraction of sp³-hybridized carbons (Fsp3) is 0.0769. The normalized spacial score (nSPS) is 11.5. The number of anilines is 3. The Bertz CT molecular complexity index is 978. The lowest BCUT2D eigenvalue weighted by Gasteiger charge is -2.20. The molecule has 1 amide bonds. The number of nitrogens with one attached hydrogen (secondary N) is 1. The summed E-state index contributed by atoms with van der Waals surface area (Å²) in [6, 6.07) is 1.07. The number of hydrogen-bond donors (Lipinski definition) is 5. The minimum Gasteiger partial charge on any atom is -0.476 e. The smallest absolute Gasteiger partial charge is 0.357 e. The fourth-order valence-corrected chi connectivity index (χ4v) is 3.50. The maximum absolute atomic E-state index is 14.5. The van der Waals surface area contributed by atoms with Gasteiger partial charge in [-0.15, -0.1) is 11.3 Å². The molecule has 1 unspecified atom stereocenters. The number of carboxylic acids is 1. The van der Waals surface area contributed by atoms with E-state index in [4.69, 9.17) is 16.6 Å². The summed E-state index contributed by atoms with van der Waals surface area (Å²) in [7, 11) is 0. The van der Waals surface area contributed by atoms with Gasteiger partial charge in [-0.3, -0.25) is 9.35 Å². The molecule has 2 rings (SSSR count). The summed E-state index contributed by atoms with van der Waals surface area (Å²) in [5.74, 6) is -5.14. The molecule has 1 heterocycles. The Morgan fingerprint density at radius 2 is 2.00 bits per heavy atom. The standard InChI is InChI=1S/C13H12F2N6O5S2/c14-5-2-8(6(15)1-7(5)20-9(22)3-18-13(16)17)21(28(25)26)11-10(12(23)24)19-4-27-11/h1-2,4H,3H2,(H,20,22)(H,23,24)(H,25,26)(H4,16,17,18). The van der Waals surface area contributed by atoms with E-state index < -0.39 is 63.4 Å². The Kier molecular flexibility index (Phi) is 6.55. The van der Waals surface area contributed by atoms with Crippen LogP contribution >= 0.6 is 11.3 Å². The number of guanidine groups is 1. The lowest BCUT2D eigenvalue weighted by molar-refractivity contribution is -0.114. The Labute approximate surface area is 162 Å². The fourth-order valence-electron chi connectivity index (χ4n) is 1.94. The van der Waals surface area contributed by atoms with Crippen LogP contribution in [0.4, 0.5) is 25.2 Å². The van der Waals surface area contributed by atoms with Crippen LogP contribution < -0.4 is 21.1 Å². The van der Waals surface area contributed by atoms with E-state index in [-0.39, 0.29) is 5.96 Å². The van der Waals surface area contributed by atoms with Gasteiger partial charge in [0.2, 0.25) is 5.91 Å². The van der Waals surface area contributed by atoms with Crippen LogP contribution in [-0.4, -0.2) is 43.2 Å². The lowest BCUT2D eigenvalue weighted by atomic mass is 10.2. The van der Waals surface area contributed by atoms with Crippen LogP contribution in [0.2, 0.25) is 0 Å². The second-order valence-electron chi connectivity index (χ2n) is 4.91. The Morgan fingerprint density at radius 1 is 1.32 bits per heavy atom. The van der Waals surface area contributed by atoms with Crippen molar-refractivity contribution >= 4 is 56.8 Å². The molecule has 1 aromatic heterocycles. The van der Waals surface area contributed by atoms with E-state index in [1.165, 1.54) is 0 Å². The summed E-state index contributed by atoms with van der Waals surface area (Å²) >= 11 is -2.32. The number of rotatable bonds is 7. The third-order valence-electron chi connectivity index (χ3n) is 3.03. The number of halogens is 2. The van der Waals surface area contributed by atoms with Gasteiger partial charge in [-0.05, 0) is 0 Å². The molecule has 1 atom stereocenters. The van der Waals surface area contributed by atoms with Gasteiger partial charge in [0.25, 0.3) is 11.3 Å². The summed E-state index contributed by atoms with van der Waals surface area (Å²) in [5.41, 5.74) is 9.23.